The van der Waals surface area contributed by atoms with Gasteiger partial charge in [0.1, 0.15) is 11.2 Å². The van der Waals surface area contributed by atoms with Gasteiger partial charge >= 0.3 is 12.2 Å². The number of likely N-dealkylation sites (tertiary alicyclic amines) is 2. The summed E-state index contributed by atoms with van der Waals surface area (Å²) < 4.78 is 10.5. The molecule has 0 unspecified atom stereocenters. The molecule has 2 atom stereocenters. The van der Waals surface area contributed by atoms with E-state index in [0.29, 0.717) is 19.1 Å². The molecule has 2 saturated heterocycles. The fourth-order valence-corrected chi connectivity index (χ4v) is 3.15. The van der Waals surface area contributed by atoms with Crippen LogP contribution in [0.4, 0.5) is 9.59 Å². The second kappa shape index (κ2) is 10.8. The van der Waals surface area contributed by atoms with Gasteiger partial charge in [-0.1, -0.05) is 0 Å². The van der Waals surface area contributed by atoms with Crippen molar-refractivity contribution in [1.29, 1.82) is 0 Å². The van der Waals surface area contributed by atoms with E-state index < -0.39 is 11.2 Å². The number of carbonyl (C=O) groups is 3. The minimum atomic E-state index is -0.469. The summed E-state index contributed by atoms with van der Waals surface area (Å²) in [6, 6.07) is 0.479. The van der Waals surface area contributed by atoms with Gasteiger partial charge in [-0.3, -0.25) is 4.79 Å². The lowest BCUT2D eigenvalue weighted by Gasteiger charge is -2.24. The molecule has 2 N–H and O–H groups in total. The molecule has 2 aliphatic rings. The Bertz CT molecular complexity index is 597. The number of hydrogen-bond acceptors (Lipinski definition) is 6. The maximum atomic E-state index is 11.7. The number of hydrogen-bond donors (Lipinski definition) is 2. The van der Waals surface area contributed by atoms with Crippen LogP contribution in [0.25, 0.3) is 0 Å². The first-order valence-electron chi connectivity index (χ1n) is 10.6. The highest BCUT2D eigenvalue weighted by atomic mass is 16.6. The molecule has 0 aliphatic carbocycles. The molecule has 2 fully saturated rings. The summed E-state index contributed by atoms with van der Waals surface area (Å²) in [6.07, 6.45) is 1.30. The molecule has 30 heavy (non-hydrogen) atoms. The topological polar surface area (TPSA) is 100 Å². The zero-order valence-electron chi connectivity index (χ0n) is 19.8. The van der Waals surface area contributed by atoms with E-state index in [4.69, 9.17) is 9.47 Å². The third-order valence-electron chi connectivity index (χ3n) is 4.50. The number of ether oxygens (including phenoxy) is 2. The molecule has 0 aromatic rings. The summed E-state index contributed by atoms with van der Waals surface area (Å²) in [5.41, 5.74) is -0.863. The molecule has 0 spiro atoms. The van der Waals surface area contributed by atoms with E-state index >= 15 is 0 Å². The van der Waals surface area contributed by atoms with Crippen molar-refractivity contribution in [2.45, 2.75) is 84.6 Å². The van der Waals surface area contributed by atoms with Gasteiger partial charge in [-0.15, -0.1) is 0 Å². The minimum absolute atomic E-state index is 0.0592. The number of carbonyl (C=O) groups excluding carboxylic acids is 3. The summed E-state index contributed by atoms with van der Waals surface area (Å²) in [7, 11) is 1.92. The maximum absolute atomic E-state index is 11.7. The maximum Gasteiger partial charge on any atom is 0.410 e. The van der Waals surface area contributed by atoms with Crippen molar-refractivity contribution in [3.05, 3.63) is 0 Å². The average molecular weight is 429 g/mol. The molecule has 174 valence electrons. The average Bonchev–Trinajstić information content (AvgIpc) is 3.20. The Labute approximate surface area is 180 Å². The number of likely N-dealkylation sites (N-methyl/N-ethyl adjacent to an activating group) is 1. The molecule has 9 heteroatoms. The second-order valence-electron chi connectivity index (χ2n) is 9.81. The van der Waals surface area contributed by atoms with Crippen LogP contribution >= 0.6 is 0 Å². The lowest BCUT2D eigenvalue weighted by atomic mass is 10.2. The quantitative estimate of drug-likeness (QED) is 0.700. The highest BCUT2D eigenvalue weighted by Crippen LogP contribution is 2.16. The Hall–Kier alpha value is -2.03. The Morgan fingerprint density at radius 2 is 1.20 bits per heavy atom. The Morgan fingerprint density at radius 1 is 0.800 bits per heavy atom. The molecule has 2 rings (SSSR count). The zero-order chi connectivity index (χ0) is 23.1. The number of rotatable bonds is 2. The Balaban J connectivity index is 0.000000303. The van der Waals surface area contributed by atoms with E-state index in [-0.39, 0.29) is 24.1 Å². The molecule has 2 heterocycles. The third-order valence-corrected chi connectivity index (χ3v) is 4.50. The predicted octanol–water partition coefficient (Wildman–Crippen LogP) is 2.35. The van der Waals surface area contributed by atoms with Crippen molar-refractivity contribution < 1.29 is 23.9 Å². The van der Waals surface area contributed by atoms with Crippen molar-refractivity contribution >= 4 is 18.1 Å². The van der Waals surface area contributed by atoms with Crippen LogP contribution in [0.2, 0.25) is 0 Å². The number of amides is 3. The molecule has 3 amide bonds. The SMILES string of the molecule is CC(=O)N[C@H]1CCN(C(=O)OC(C)(C)C)C1.CN[C@H]1CCN(C(=O)OC(C)(C)C)C1. The van der Waals surface area contributed by atoms with E-state index in [9.17, 15) is 14.4 Å². The third kappa shape index (κ3) is 10.1. The van der Waals surface area contributed by atoms with Crippen molar-refractivity contribution in [2.24, 2.45) is 0 Å². The van der Waals surface area contributed by atoms with Gasteiger partial charge in [0.15, 0.2) is 0 Å². The normalized spacial score (nSPS) is 21.6. The van der Waals surface area contributed by atoms with Gasteiger partial charge < -0.3 is 29.9 Å². The van der Waals surface area contributed by atoms with Crippen LogP contribution in [0.1, 0.15) is 61.3 Å². The smallest absolute Gasteiger partial charge is 0.410 e. The summed E-state index contributed by atoms with van der Waals surface area (Å²) in [6.45, 7) is 15.4. The molecule has 9 nitrogen and oxygen atoms in total. The van der Waals surface area contributed by atoms with Gasteiger partial charge in [0.25, 0.3) is 0 Å². The predicted molar refractivity (Wildman–Crippen MR) is 115 cm³/mol. The van der Waals surface area contributed by atoms with Crippen LogP contribution in [-0.4, -0.2) is 84.4 Å². The molecule has 0 aromatic carbocycles. The molecule has 0 aromatic heterocycles. The summed E-state index contributed by atoms with van der Waals surface area (Å²) in [5.74, 6) is -0.0592. The van der Waals surface area contributed by atoms with Crippen LogP contribution in [0.3, 0.4) is 0 Å². The Morgan fingerprint density at radius 3 is 1.53 bits per heavy atom. The van der Waals surface area contributed by atoms with E-state index in [1.165, 1.54) is 6.92 Å². The summed E-state index contributed by atoms with van der Waals surface area (Å²) in [4.78, 5) is 37.5. The fourth-order valence-electron chi connectivity index (χ4n) is 3.15. The van der Waals surface area contributed by atoms with Crippen LogP contribution in [0.15, 0.2) is 0 Å². The molecule has 0 saturated carbocycles. The van der Waals surface area contributed by atoms with Crippen LogP contribution < -0.4 is 10.6 Å². The van der Waals surface area contributed by atoms with Gasteiger partial charge in [-0.2, -0.15) is 0 Å². The van der Waals surface area contributed by atoms with Crippen LogP contribution in [-0.2, 0) is 14.3 Å². The highest BCUT2D eigenvalue weighted by Gasteiger charge is 2.30. The van der Waals surface area contributed by atoms with Crippen LogP contribution in [0, 0.1) is 0 Å². The minimum Gasteiger partial charge on any atom is -0.444 e. The lowest BCUT2D eigenvalue weighted by molar-refractivity contribution is -0.119. The van der Waals surface area contributed by atoms with Gasteiger partial charge in [-0.25, -0.2) is 9.59 Å². The number of nitrogens with zero attached hydrogens (tertiary/aromatic N) is 2. The lowest BCUT2D eigenvalue weighted by Crippen LogP contribution is -2.39. The monoisotopic (exact) mass is 428 g/mol. The first-order chi connectivity index (χ1) is 13.7. The standard InChI is InChI=1S/C11H20N2O3.C10H20N2O2/c1-8(14)12-9-5-6-13(7-9)10(15)16-11(2,3)4;1-10(2,3)14-9(13)12-6-5-8(7-12)11-4/h9H,5-7H2,1-4H3,(H,12,14);8,11H,5-7H2,1-4H3/t9-;8-/m00/s1. The fraction of sp³-hybridized carbons (Fsp3) is 0.857. The van der Waals surface area contributed by atoms with Crippen molar-refractivity contribution in [3.8, 4) is 0 Å². The van der Waals surface area contributed by atoms with Gasteiger partial charge in [0, 0.05) is 45.2 Å². The van der Waals surface area contributed by atoms with E-state index in [1.807, 2.05) is 48.6 Å². The van der Waals surface area contributed by atoms with Gasteiger partial charge in [-0.05, 0) is 61.4 Å². The molecular weight excluding hydrogens is 388 g/mol. The van der Waals surface area contributed by atoms with E-state index in [0.717, 1.165) is 25.9 Å². The van der Waals surface area contributed by atoms with Crippen LogP contribution in [0.5, 0.6) is 0 Å². The molecule has 0 bridgehead atoms. The van der Waals surface area contributed by atoms with Gasteiger partial charge in [0.2, 0.25) is 5.91 Å². The molecule has 2 aliphatic heterocycles. The first-order valence-corrected chi connectivity index (χ1v) is 10.6. The zero-order valence-corrected chi connectivity index (χ0v) is 19.8. The highest BCUT2D eigenvalue weighted by molar-refractivity contribution is 5.74. The van der Waals surface area contributed by atoms with E-state index in [1.54, 1.807) is 9.80 Å². The Kier molecular flexibility index (Phi) is 9.39. The van der Waals surface area contributed by atoms with Crippen molar-refractivity contribution in [1.82, 2.24) is 20.4 Å². The largest absolute Gasteiger partial charge is 0.444 e. The summed E-state index contributed by atoms with van der Waals surface area (Å²) in [5, 5.41) is 5.96. The molecular formula is C21H40N4O5. The summed E-state index contributed by atoms with van der Waals surface area (Å²) >= 11 is 0. The van der Waals surface area contributed by atoms with E-state index in [2.05, 4.69) is 10.6 Å². The van der Waals surface area contributed by atoms with Gasteiger partial charge in [0.05, 0.1) is 0 Å². The second-order valence-corrected chi connectivity index (χ2v) is 9.81. The van der Waals surface area contributed by atoms with Crippen molar-refractivity contribution in [2.75, 3.05) is 33.2 Å². The first kappa shape index (κ1) is 26.0. The molecule has 0 radical (unpaired) electrons. The van der Waals surface area contributed by atoms with Crippen molar-refractivity contribution in [3.63, 3.8) is 0 Å². The number of nitrogens with one attached hydrogen (secondary N) is 2.